The molecule has 1 aliphatic carbocycles. The second-order valence-electron chi connectivity index (χ2n) is 6.80. The molecule has 0 bridgehead atoms. The highest BCUT2D eigenvalue weighted by atomic mass is 35.5. The van der Waals surface area contributed by atoms with Crippen LogP contribution < -0.4 is 5.32 Å². The van der Waals surface area contributed by atoms with E-state index < -0.39 is 0 Å². The van der Waals surface area contributed by atoms with Crippen LogP contribution in [0.25, 0.3) is 10.2 Å². The van der Waals surface area contributed by atoms with Gasteiger partial charge in [-0.3, -0.25) is 0 Å². The van der Waals surface area contributed by atoms with Gasteiger partial charge in [-0.1, -0.05) is 13.0 Å². The molecule has 1 aromatic carbocycles. The van der Waals surface area contributed by atoms with Crippen LogP contribution in [-0.2, 0) is 12.8 Å². The van der Waals surface area contributed by atoms with Gasteiger partial charge in [-0.25, -0.2) is 4.98 Å². The first-order valence-corrected chi connectivity index (χ1v) is 9.53. The minimum absolute atomic E-state index is 0.306. The minimum Gasteiger partial charge on any atom is -0.340 e. The van der Waals surface area contributed by atoms with Crippen molar-refractivity contribution in [2.45, 2.75) is 40.0 Å². The number of thiophene rings is 1. The number of benzene rings is 1. The van der Waals surface area contributed by atoms with E-state index in [2.05, 4.69) is 54.3 Å². The molecule has 0 saturated heterocycles. The summed E-state index contributed by atoms with van der Waals surface area (Å²) in [4.78, 5) is 11.4. The van der Waals surface area contributed by atoms with Crippen LogP contribution in [0.4, 0.5) is 11.5 Å². The minimum atomic E-state index is 0.306. The zero-order chi connectivity index (χ0) is 16.8. The predicted molar refractivity (Wildman–Crippen MR) is 103 cm³/mol. The summed E-state index contributed by atoms with van der Waals surface area (Å²) in [6, 6.07) is 6.37. The molecule has 0 spiro atoms. The fraction of sp³-hybridized carbons (Fsp3) is 0.368. The zero-order valence-electron chi connectivity index (χ0n) is 14.1. The second kappa shape index (κ2) is 6.01. The van der Waals surface area contributed by atoms with Crippen LogP contribution in [0.3, 0.4) is 0 Å². The Morgan fingerprint density at radius 3 is 2.83 bits per heavy atom. The van der Waals surface area contributed by atoms with E-state index in [-0.39, 0.29) is 0 Å². The normalized spacial score (nSPS) is 17.1. The topological polar surface area (TPSA) is 37.8 Å². The lowest BCUT2D eigenvalue weighted by Crippen LogP contribution is -2.09. The van der Waals surface area contributed by atoms with E-state index in [0.29, 0.717) is 5.28 Å². The van der Waals surface area contributed by atoms with E-state index in [4.69, 9.17) is 11.6 Å². The molecule has 3 nitrogen and oxygen atoms in total. The van der Waals surface area contributed by atoms with Crippen molar-refractivity contribution in [3.63, 3.8) is 0 Å². The smallest absolute Gasteiger partial charge is 0.225 e. The average molecular weight is 358 g/mol. The molecule has 5 heteroatoms. The number of anilines is 2. The quantitative estimate of drug-likeness (QED) is 0.586. The van der Waals surface area contributed by atoms with Crippen LogP contribution in [0.15, 0.2) is 18.2 Å². The van der Waals surface area contributed by atoms with Crippen LogP contribution in [0.1, 0.15) is 34.9 Å². The highest BCUT2D eigenvalue weighted by Crippen LogP contribution is 2.41. The third-order valence-corrected chi connectivity index (χ3v) is 6.21. The van der Waals surface area contributed by atoms with Crippen molar-refractivity contribution in [1.82, 2.24) is 9.97 Å². The number of hydrogen-bond acceptors (Lipinski definition) is 4. The molecule has 1 atom stereocenters. The highest BCUT2D eigenvalue weighted by molar-refractivity contribution is 7.19. The number of nitrogens with zero attached hydrogens (tertiary/aromatic N) is 2. The standard InChI is InChI=1S/C19H20ClN3S/c1-10-4-7-14-15(8-10)24-18-16(14)17(22-19(20)23-18)21-13-6-5-11(2)12(3)9-13/h5-6,9-10H,4,7-8H2,1-3H3,(H,21,22,23). The molecular formula is C19H20ClN3S. The van der Waals surface area contributed by atoms with E-state index in [0.717, 1.165) is 40.5 Å². The van der Waals surface area contributed by atoms with Gasteiger partial charge in [0.2, 0.25) is 5.28 Å². The SMILES string of the molecule is Cc1ccc(Nc2nc(Cl)nc3sc4c(c23)CCC(C)C4)cc1C. The van der Waals surface area contributed by atoms with Gasteiger partial charge >= 0.3 is 0 Å². The maximum Gasteiger partial charge on any atom is 0.225 e. The first-order chi connectivity index (χ1) is 11.5. The summed E-state index contributed by atoms with van der Waals surface area (Å²) in [5, 5.41) is 4.94. The maximum absolute atomic E-state index is 6.18. The fourth-order valence-electron chi connectivity index (χ4n) is 3.36. The Hall–Kier alpha value is -1.65. The van der Waals surface area contributed by atoms with Crippen LogP contribution in [0.5, 0.6) is 0 Å². The molecule has 1 N–H and O–H groups in total. The number of aromatic nitrogens is 2. The summed E-state index contributed by atoms with van der Waals surface area (Å²) < 4.78 is 0. The molecule has 3 aromatic rings. The van der Waals surface area contributed by atoms with E-state index in [1.54, 1.807) is 11.3 Å². The molecule has 4 rings (SSSR count). The Morgan fingerprint density at radius 1 is 1.21 bits per heavy atom. The van der Waals surface area contributed by atoms with Gasteiger partial charge in [0.05, 0.1) is 5.39 Å². The maximum atomic E-state index is 6.18. The van der Waals surface area contributed by atoms with Gasteiger partial charge in [0.15, 0.2) is 0 Å². The molecule has 1 unspecified atom stereocenters. The largest absolute Gasteiger partial charge is 0.340 e. The molecule has 0 saturated carbocycles. The van der Waals surface area contributed by atoms with Gasteiger partial charge in [-0.2, -0.15) is 4.98 Å². The molecule has 0 aliphatic heterocycles. The lowest BCUT2D eigenvalue weighted by Gasteiger charge is -2.18. The van der Waals surface area contributed by atoms with Gasteiger partial charge in [0.1, 0.15) is 10.6 Å². The van der Waals surface area contributed by atoms with E-state index in [1.165, 1.54) is 28.0 Å². The van der Waals surface area contributed by atoms with Gasteiger partial charge in [0.25, 0.3) is 0 Å². The Morgan fingerprint density at radius 2 is 2.04 bits per heavy atom. The summed E-state index contributed by atoms with van der Waals surface area (Å²) in [7, 11) is 0. The van der Waals surface area contributed by atoms with Crippen molar-refractivity contribution in [2.24, 2.45) is 5.92 Å². The summed E-state index contributed by atoms with van der Waals surface area (Å²) in [5.41, 5.74) is 5.00. The van der Waals surface area contributed by atoms with Crippen molar-refractivity contribution >= 4 is 44.7 Å². The summed E-state index contributed by atoms with van der Waals surface area (Å²) >= 11 is 7.96. The molecule has 1 aliphatic rings. The van der Waals surface area contributed by atoms with Crippen molar-refractivity contribution in [2.75, 3.05) is 5.32 Å². The predicted octanol–water partition coefficient (Wildman–Crippen LogP) is 5.83. The molecular weight excluding hydrogens is 338 g/mol. The van der Waals surface area contributed by atoms with E-state index >= 15 is 0 Å². The Bertz CT molecular complexity index is 932. The third-order valence-electron chi connectivity index (χ3n) is 4.90. The second-order valence-corrected chi connectivity index (χ2v) is 8.22. The first kappa shape index (κ1) is 15.9. The number of aryl methyl sites for hydroxylation is 3. The number of hydrogen-bond donors (Lipinski definition) is 1. The molecule has 124 valence electrons. The molecule has 2 heterocycles. The van der Waals surface area contributed by atoms with Crippen molar-refractivity contribution in [3.05, 3.63) is 45.1 Å². The number of halogens is 1. The van der Waals surface area contributed by atoms with Gasteiger partial charge < -0.3 is 5.32 Å². The summed E-state index contributed by atoms with van der Waals surface area (Å²) in [6.07, 6.45) is 3.46. The highest BCUT2D eigenvalue weighted by Gasteiger charge is 2.23. The summed E-state index contributed by atoms with van der Waals surface area (Å²) in [6.45, 7) is 6.56. The molecule has 24 heavy (non-hydrogen) atoms. The number of rotatable bonds is 2. The lowest BCUT2D eigenvalue weighted by molar-refractivity contribution is 0.509. The zero-order valence-corrected chi connectivity index (χ0v) is 15.7. The molecule has 0 amide bonds. The monoisotopic (exact) mass is 357 g/mol. The van der Waals surface area contributed by atoms with E-state index in [9.17, 15) is 0 Å². The lowest BCUT2D eigenvalue weighted by atomic mass is 9.89. The Balaban J connectivity index is 1.83. The van der Waals surface area contributed by atoms with Crippen molar-refractivity contribution in [3.8, 4) is 0 Å². The Kier molecular flexibility index (Phi) is 3.97. The van der Waals surface area contributed by atoms with Crippen LogP contribution >= 0.6 is 22.9 Å². The third kappa shape index (κ3) is 2.78. The van der Waals surface area contributed by atoms with Gasteiger partial charge in [0, 0.05) is 10.6 Å². The van der Waals surface area contributed by atoms with Crippen LogP contribution in [0, 0.1) is 19.8 Å². The summed E-state index contributed by atoms with van der Waals surface area (Å²) in [5.74, 6) is 1.57. The van der Waals surface area contributed by atoms with Crippen molar-refractivity contribution < 1.29 is 0 Å². The fourth-order valence-corrected chi connectivity index (χ4v) is 4.96. The van der Waals surface area contributed by atoms with Gasteiger partial charge in [-0.05, 0) is 79.5 Å². The number of nitrogens with one attached hydrogen (secondary N) is 1. The van der Waals surface area contributed by atoms with Crippen LogP contribution in [0.2, 0.25) is 5.28 Å². The first-order valence-electron chi connectivity index (χ1n) is 8.33. The van der Waals surface area contributed by atoms with Gasteiger partial charge in [-0.15, -0.1) is 11.3 Å². The van der Waals surface area contributed by atoms with E-state index in [1.807, 2.05) is 0 Å². The average Bonchev–Trinajstić information content (AvgIpc) is 2.87. The van der Waals surface area contributed by atoms with Crippen LogP contribution in [-0.4, -0.2) is 9.97 Å². The number of fused-ring (bicyclic) bond motifs is 3. The molecule has 0 radical (unpaired) electrons. The Labute approximate surface area is 151 Å². The molecule has 2 aromatic heterocycles. The van der Waals surface area contributed by atoms with Crippen molar-refractivity contribution in [1.29, 1.82) is 0 Å². The molecule has 0 fully saturated rings.